The van der Waals surface area contributed by atoms with E-state index in [0.29, 0.717) is 12.8 Å². The van der Waals surface area contributed by atoms with Crippen LogP contribution in [0.5, 0.6) is 0 Å². The molecule has 0 unspecified atom stereocenters. The van der Waals surface area contributed by atoms with Crippen molar-refractivity contribution in [2.24, 2.45) is 11.5 Å². The number of thiophene rings is 1. The van der Waals surface area contributed by atoms with E-state index in [1.807, 2.05) is 11.3 Å². The number of amides is 2. The predicted octanol–water partition coefficient (Wildman–Crippen LogP) is 2.92. The number of primary amides is 2. The molecule has 1 aromatic heterocycles. The van der Waals surface area contributed by atoms with E-state index in [0.717, 1.165) is 32.1 Å². The molecule has 0 fully saturated rings. The standard InChI is InChI=1S/C16H26N2O2S/c17-15(19)9-5-3-1-2-4-7-13-11-12-14(21-13)8-6-10-16(18)20/h11-12H,1-10H2,(H2,17,19)(H2,18,20). The van der Waals surface area contributed by atoms with E-state index >= 15 is 0 Å². The Balaban J connectivity index is 2.06. The summed E-state index contributed by atoms with van der Waals surface area (Å²) in [5.74, 6) is -0.416. The molecule has 5 heteroatoms. The van der Waals surface area contributed by atoms with Crippen LogP contribution in [0.1, 0.15) is 61.1 Å². The van der Waals surface area contributed by atoms with Gasteiger partial charge >= 0.3 is 0 Å². The van der Waals surface area contributed by atoms with E-state index in [1.54, 1.807) is 0 Å². The van der Waals surface area contributed by atoms with E-state index in [9.17, 15) is 9.59 Å². The second-order valence-corrected chi connectivity index (χ2v) is 6.67. The molecule has 0 saturated carbocycles. The van der Waals surface area contributed by atoms with Gasteiger partial charge < -0.3 is 11.5 Å². The first-order valence-electron chi connectivity index (χ1n) is 7.72. The molecule has 118 valence electrons. The van der Waals surface area contributed by atoms with Crippen LogP contribution in [0.3, 0.4) is 0 Å². The largest absolute Gasteiger partial charge is 0.370 e. The summed E-state index contributed by atoms with van der Waals surface area (Å²) >= 11 is 1.84. The van der Waals surface area contributed by atoms with Crippen molar-refractivity contribution in [3.63, 3.8) is 0 Å². The molecular weight excluding hydrogens is 284 g/mol. The van der Waals surface area contributed by atoms with Crippen LogP contribution in [0, 0.1) is 0 Å². The fourth-order valence-electron chi connectivity index (χ4n) is 2.26. The van der Waals surface area contributed by atoms with Gasteiger partial charge in [-0.3, -0.25) is 9.59 Å². The number of hydrogen-bond acceptors (Lipinski definition) is 3. The molecule has 0 saturated heterocycles. The average Bonchev–Trinajstić information content (AvgIpc) is 2.85. The van der Waals surface area contributed by atoms with Gasteiger partial charge in [-0.25, -0.2) is 0 Å². The van der Waals surface area contributed by atoms with Crippen LogP contribution in [0.2, 0.25) is 0 Å². The van der Waals surface area contributed by atoms with Gasteiger partial charge in [-0.15, -0.1) is 11.3 Å². The number of rotatable bonds is 12. The molecule has 21 heavy (non-hydrogen) atoms. The van der Waals surface area contributed by atoms with Gasteiger partial charge in [0.05, 0.1) is 0 Å². The average molecular weight is 310 g/mol. The van der Waals surface area contributed by atoms with Gasteiger partial charge in [0.2, 0.25) is 11.8 Å². The van der Waals surface area contributed by atoms with E-state index in [2.05, 4.69) is 12.1 Å². The van der Waals surface area contributed by atoms with Crippen LogP contribution in [-0.2, 0) is 22.4 Å². The minimum absolute atomic E-state index is 0.197. The molecule has 0 bridgehead atoms. The van der Waals surface area contributed by atoms with Gasteiger partial charge in [-0.05, 0) is 44.2 Å². The first-order chi connectivity index (χ1) is 10.1. The second kappa shape index (κ2) is 10.4. The Hall–Kier alpha value is -1.36. The lowest BCUT2D eigenvalue weighted by molar-refractivity contribution is -0.119. The molecule has 0 aliphatic rings. The smallest absolute Gasteiger partial charge is 0.217 e. The quantitative estimate of drug-likeness (QED) is 0.582. The van der Waals surface area contributed by atoms with Crippen molar-refractivity contribution < 1.29 is 9.59 Å². The van der Waals surface area contributed by atoms with Gasteiger partial charge in [-0.2, -0.15) is 0 Å². The Labute approximate surface area is 130 Å². The molecule has 0 aliphatic heterocycles. The summed E-state index contributed by atoms with van der Waals surface area (Å²) in [6, 6.07) is 4.35. The maximum atomic E-state index is 10.7. The van der Waals surface area contributed by atoms with E-state index in [1.165, 1.54) is 29.0 Å². The number of carbonyl (C=O) groups is 2. The van der Waals surface area contributed by atoms with E-state index in [4.69, 9.17) is 11.5 Å². The molecule has 0 atom stereocenters. The Morgan fingerprint density at radius 1 is 0.762 bits per heavy atom. The maximum Gasteiger partial charge on any atom is 0.217 e. The van der Waals surface area contributed by atoms with Crippen LogP contribution in [0.15, 0.2) is 12.1 Å². The second-order valence-electron chi connectivity index (χ2n) is 5.42. The minimum atomic E-state index is -0.219. The minimum Gasteiger partial charge on any atom is -0.370 e. The van der Waals surface area contributed by atoms with Gasteiger partial charge in [0, 0.05) is 22.6 Å². The zero-order valence-corrected chi connectivity index (χ0v) is 13.4. The molecule has 4 N–H and O–H groups in total. The highest BCUT2D eigenvalue weighted by Crippen LogP contribution is 2.21. The normalized spacial score (nSPS) is 10.7. The van der Waals surface area contributed by atoms with Crippen molar-refractivity contribution in [1.29, 1.82) is 0 Å². The molecule has 0 spiro atoms. The summed E-state index contributed by atoms with van der Waals surface area (Å²) in [4.78, 5) is 24.0. The summed E-state index contributed by atoms with van der Waals surface area (Å²) < 4.78 is 0. The Morgan fingerprint density at radius 3 is 1.86 bits per heavy atom. The van der Waals surface area contributed by atoms with Crippen LogP contribution in [0.25, 0.3) is 0 Å². The predicted molar refractivity (Wildman–Crippen MR) is 87.1 cm³/mol. The number of aryl methyl sites for hydroxylation is 2. The number of nitrogens with two attached hydrogens (primary N) is 2. The van der Waals surface area contributed by atoms with E-state index < -0.39 is 0 Å². The van der Waals surface area contributed by atoms with Gasteiger partial charge in [-0.1, -0.05) is 19.3 Å². The molecule has 1 heterocycles. The highest BCUT2D eigenvalue weighted by atomic mass is 32.1. The summed E-state index contributed by atoms with van der Waals surface area (Å²) in [6.45, 7) is 0. The van der Waals surface area contributed by atoms with Gasteiger partial charge in [0.1, 0.15) is 0 Å². The lowest BCUT2D eigenvalue weighted by Crippen LogP contribution is -2.09. The summed E-state index contributed by atoms with van der Waals surface area (Å²) in [7, 11) is 0. The van der Waals surface area contributed by atoms with Crippen LogP contribution < -0.4 is 11.5 Å². The molecule has 1 aromatic rings. The molecule has 1 rings (SSSR count). The third-order valence-corrected chi connectivity index (χ3v) is 4.61. The lowest BCUT2D eigenvalue weighted by Gasteiger charge is -2.00. The van der Waals surface area contributed by atoms with Crippen molar-refractivity contribution in [3.8, 4) is 0 Å². The van der Waals surface area contributed by atoms with Crippen molar-refractivity contribution in [3.05, 3.63) is 21.9 Å². The zero-order chi connectivity index (χ0) is 15.5. The van der Waals surface area contributed by atoms with Crippen molar-refractivity contribution in [2.45, 2.75) is 64.2 Å². The Bertz CT molecular complexity index is 443. The fraction of sp³-hybridized carbons (Fsp3) is 0.625. The first kappa shape index (κ1) is 17.7. The van der Waals surface area contributed by atoms with E-state index in [-0.39, 0.29) is 11.8 Å². The molecule has 0 aromatic carbocycles. The number of hydrogen-bond donors (Lipinski definition) is 2. The molecule has 4 nitrogen and oxygen atoms in total. The van der Waals surface area contributed by atoms with Crippen LogP contribution >= 0.6 is 11.3 Å². The lowest BCUT2D eigenvalue weighted by atomic mass is 10.1. The van der Waals surface area contributed by atoms with Crippen LogP contribution in [-0.4, -0.2) is 11.8 Å². The highest BCUT2D eigenvalue weighted by molar-refractivity contribution is 7.11. The molecule has 0 aliphatic carbocycles. The Morgan fingerprint density at radius 2 is 1.24 bits per heavy atom. The third kappa shape index (κ3) is 9.24. The highest BCUT2D eigenvalue weighted by Gasteiger charge is 2.02. The molecular formula is C16H26N2O2S. The number of unbranched alkanes of at least 4 members (excludes halogenated alkanes) is 4. The maximum absolute atomic E-state index is 10.7. The zero-order valence-electron chi connectivity index (χ0n) is 12.6. The summed E-state index contributed by atoms with van der Waals surface area (Å²) in [5, 5.41) is 0. The molecule has 2 amide bonds. The van der Waals surface area contributed by atoms with Gasteiger partial charge in [0.15, 0.2) is 0 Å². The Kier molecular flexibility index (Phi) is 8.74. The van der Waals surface area contributed by atoms with Crippen molar-refractivity contribution >= 4 is 23.2 Å². The number of carbonyl (C=O) groups excluding carboxylic acids is 2. The SMILES string of the molecule is NC(=O)CCCCCCCc1ccc(CCCC(N)=O)s1. The fourth-order valence-corrected chi connectivity index (χ4v) is 3.36. The van der Waals surface area contributed by atoms with Gasteiger partial charge in [0.25, 0.3) is 0 Å². The van der Waals surface area contributed by atoms with Crippen LogP contribution in [0.4, 0.5) is 0 Å². The third-order valence-electron chi connectivity index (χ3n) is 3.41. The monoisotopic (exact) mass is 310 g/mol. The molecule has 0 radical (unpaired) electrons. The first-order valence-corrected chi connectivity index (χ1v) is 8.54. The van der Waals surface area contributed by atoms with Crippen molar-refractivity contribution in [2.75, 3.05) is 0 Å². The van der Waals surface area contributed by atoms with Crippen molar-refractivity contribution in [1.82, 2.24) is 0 Å². The summed E-state index contributed by atoms with van der Waals surface area (Å²) in [6.07, 6.45) is 9.46. The summed E-state index contributed by atoms with van der Waals surface area (Å²) in [5.41, 5.74) is 10.2. The topological polar surface area (TPSA) is 86.2 Å².